The van der Waals surface area contributed by atoms with Crippen LogP contribution in [0, 0.1) is 0 Å². The van der Waals surface area contributed by atoms with Crippen molar-refractivity contribution in [1.29, 1.82) is 0 Å². The third kappa shape index (κ3) is 2.79. The van der Waals surface area contributed by atoms with Gasteiger partial charge in [0.15, 0.2) is 9.84 Å². The molecule has 1 aliphatic carbocycles. The average Bonchev–Trinajstić information content (AvgIpc) is 2.25. The van der Waals surface area contributed by atoms with Crippen LogP contribution in [0.2, 0.25) is 0 Å². The standard InChI is InChI=1S/C13H17NO4S/c14-11(8-13(15)16)10-6-1-2-7-12(10)19(17,18)9-4-3-5-9/h1-2,6-7,9,11H,3-5,8,14H2,(H,15,16). The highest BCUT2D eigenvalue weighted by atomic mass is 32.2. The van der Waals surface area contributed by atoms with Crippen molar-refractivity contribution in [3.63, 3.8) is 0 Å². The summed E-state index contributed by atoms with van der Waals surface area (Å²) in [6.07, 6.45) is 1.99. The van der Waals surface area contributed by atoms with Crippen molar-refractivity contribution in [3.05, 3.63) is 29.8 Å². The second-order valence-electron chi connectivity index (χ2n) is 4.84. The van der Waals surface area contributed by atoms with E-state index in [0.29, 0.717) is 18.4 Å². The number of carbonyl (C=O) groups is 1. The Morgan fingerprint density at radius 1 is 1.37 bits per heavy atom. The Morgan fingerprint density at radius 2 is 2.00 bits per heavy atom. The molecular weight excluding hydrogens is 266 g/mol. The van der Waals surface area contributed by atoms with Crippen LogP contribution in [0.5, 0.6) is 0 Å². The van der Waals surface area contributed by atoms with E-state index in [1.54, 1.807) is 18.2 Å². The highest BCUT2D eigenvalue weighted by Gasteiger charge is 2.34. The van der Waals surface area contributed by atoms with Crippen molar-refractivity contribution in [2.24, 2.45) is 5.73 Å². The molecule has 1 fully saturated rings. The number of hydrogen-bond donors (Lipinski definition) is 2. The van der Waals surface area contributed by atoms with Crippen LogP contribution >= 0.6 is 0 Å². The molecule has 1 saturated carbocycles. The maximum absolute atomic E-state index is 12.4. The van der Waals surface area contributed by atoms with E-state index in [0.717, 1.165) is 6.42 Å². The number of nitrogens with two attached hydrogens (primary N) is 1. The Balaban J connectivity index is 2.38. The monoisotopic (exact) mass is 283 g/mol. The highest BCUT2D eigenvalue weighted by Crippen LogP contribution is 2.34. The van der Waals surface area contributed by atoms with Gasteiger partial charge in [-0.15, -0.1) is 0 Å². The van der Waals surface area contributed by atoms with E-state index in [-0.39, 0.29) is 16.6 Å². The first-order valence-corrected chi connectivity index (χ1v) is 7.77. The molecule has 104 valence electrons. The lowest BCUT2D eigenvalue weighted by atomic mass is 10.00. The molecule has 3 N–H and O–H groups in total. The van der Waals surface area contributed by atoms with Gasteiger partial charge in [-0.1, -0.05) is 24.6 Å². The smallest absolute Gasteiger partial charge is 0.305 e. The van der Waals surface area contributed by atoms with Gasteiger partial charge in [0.2, 0.25) is 0 Å². The van der Waals surface area contributed by atoms with Crippen LogP contribution in [0.3, 0.4) is 0 Å². The average molecular weight is 283 g/mol. The van der Waals surface area contributed by atoms with Gasteiger partial charge < -0.3 is 10.8 Å². The summed E-state index contributed by atoms with van der Waals surface area (Å²) in [5.74, 6) is -1.04. The molecule has 0 aromatic heterocycles. The zero-order valence-electron chi connectivity index (χ0n) is 10.5. The number of sulfone groups is 1. The van der Waals surface area contributed by atoms with Crippen LogP contribution in [0.25, 0.3) is 0 Å². The number of carboxylic acids is 1. The predicted octanol–water partition coefficient (Wildman–Crippen LogP) is 1.49. The molecule has 1 aliphatic rings. The minimum atomic E-state index is -3.39. The van der Waals surface area contributed by atoms with Crippen molar-refractivity contribution >= 4 is 15.8 Å². The molecule has 0 amide bonds. The summed E-state index contributed by atoms with van der Waals surface area (Å²) in [7, 11) is -3.39. The predicted molar refractivity (Wildman–Crippen MR) is 70.4 cm³/mol. The molecular formula is C13H17NO4S. The van der Waals surface area contributed by atoms with Crippen molar-refractivity contribution in [2.45, 2.75) is 41.9 Å². The maximum atomic E-state index is 12.4. The van der Waals surface area contributed by atoms with Gasteiger partial charge in [0.05, 0.1) is 16.6 Å². The Kier molecular flexibility index (Phi) is 3.91. The van der Waals surface area contributed by atoms with E-state index in [9.17, 15) is 13.2 Å². The van der Waals surface area contributed by atoms with Gasteiger partial charge >= 0.3 is 5.97 Å². The molecule has 0 radical (unpaired) electrons. The van der Waals surface area contributed by atoms with Crippen LogP contribution in [-0.4, -0.2) is 24.7 Å². The zero-order chi connectivity index (χ0) is 14.0. The van der Waals surface area contributed by atoms with Gasteiger partial charge in [-0.05, 0) is 24.5 Å². The summed E-state index contributed by atoms with van der Waals surface area (Å²) in [6, 6.07) is 5.63. The van der Waals surface area contributed by atoms with Crippen LogP contribution < -0.4 is 5.73 Å². The van der Waals surface area contributed by atoms with Crippen LogP contribution in [-0.2, 0) is 14.6 Å². The third-order valence-corrected chi connectivity index (χ3v) is 5.84. The molecule has 5 nitrogen and oxygen atoms in total. The SMILES string of the molecule is NC(CC(=O)O)c1ccccc1S(=O)(=O)C1CCC1. The molecule has 1 aromatic carbocycles. The topological polar surface area (TPSA) is 97.5 Å². The normalized spacial score (nSPS) is 17.7. The first kappa shape index (κ1) is 14.0. The van der Waals surface area contributed by atoms with Gasteiger partial charge in [0.25, 0.3) is 0 Å². The molecule has 6 heteroatoms. The van der Waals surface area contributed by atoms with Gasteiger partial charge in [0, 0.05) is 6.04 Å². The van der Waals surface area contributed by atoms with Gasteiger partial charge in [-0.2, -0.15) is 0 Å². The molecule has 1 aromatic rings. The fourth-order valence-corrected chi connectivity index (χ4v) is 4.33. The Bertz CT molecular complexity index is 578. The van der Waals surface area contributed by atoms with E-state index in [4.69, 9.17) is 10.8 Å². The van der Waals surface area contributed by atoms with Crippen molar-refractivity contribution in [2.75, 3.05) is 0 Å². The summed E-state index contributed by atoms with van der Waals surface area (Å²) in [6.45, 7) is 0. The summed E-state index contributed by atoms with van der Waals surface area (Å²) in [4.78, 5) is 10.9. The third-order valence-electron chi connectivity index (χ3n) is 3.51. The van der Waals surface area contributed by atoms with Crippen molar-refractivity contribution < 1.29 is 18.3 Å². The Hall–Kier alpha value is -1.40. The number of carboxylic acid groups (broad SMARTS) is 1. The molecule has 1 unspecified atom stereocenters. The fraction of sp³-hybridized carbons (Fsp3) is 0.462. The van der Waals surface area contributed by atoms with Gasteiger partial charge in [-0.25, -0.2) is 8.42 Å². The lowest BCUT2D eigenvalue weighted by Crippen LogP contribution is -2.30. The highest BCUT2D eigenvalue weighted by molar-refractivity contribution is 7.92. The summed E-state index contributed by atoms with van der Waals surface area (Å²) in [5, 5.41) is 8.43. The van der Waals surface area contributed by atoms with Crippen molar-refractivity contribution in [1.82, 2.24) is 0 Å². The van der Waals surface area contributed by atoms with E-state index >= 15 is 0 Å². The van der Waals surface area contributed by atoms with E-state index in [1.807, 2.05) is 0 Å². The van der Waals surface area contributed by atoms with Crippen molar-refractivity contribution in [3.8, 4) is 0 Å². The minimum Gasteiger partial charge on any atom is -0.481 e. The first-order chi connectivity index (χ1) is 8.93. The first-order valence-electron chi connectivity index (χ1n) is 6.23. The minimum absolute atomic E-state index is 0.188. The number of hydrogen-bond acceptors (Lipinski definition) is 4. The van der Waals surface area contributed by atoms with Crippen LogP contribution in [0.4, 0.5) is 0 Å². The second kappa shape index (κ2) is 5.30. The largest absolute Gasteiger partial charge is 0.481 e. The summed E-state index contributed by atoms with van der Waals surface area (Å²) < 4.78 is 24.8. The van der Waals surface area contributed by atoms with E-state index in [2.05, 4.69) is 0 Å². The Labute approximate surface area is 112 Å². The molecule has 1 atom stereocenters. The number of rotatable bonds is 5. The van der Waals surface area contributed by atoms with E-state index in [1.165, 1.54) is 6.07 Å². The molecule has 2 rings (SSSR count). The van der Waals surface area contributed by atoms with Crippen LogP contribution in [0.15, 0.2) is 29.2 Å². The number of benzene rings is 1. The Morgan fingerprint density at radius 3 is 2.53 bits per heavy atom. The van der Waals surface area contributed by atoms with Gasteiger partial charge in [-0.3, -0.25) is 4.79 Å². The maximum Gasteiger partial charge on any atom is 0.305 e. The van der Waals surface area contributed by atoms with E-state index < -0.39 is 21.8 Å². The molecule has 0 saturated heterocycles. The molecule has 0 spiro atoms. The second-order valence-corrected chi connectivity index (χ2v) is 7.04. The fourth-order valence-electron chi connectivity index (χ4n) is 2.20. The van der Waals surface area contributed by atoms with Crippen LogP contribution in [0.1, 0.15) is 37.3 Å². The summed E-state index contributed by atoms with van der Waals surface area (Å²) >= 11 is 0. The molecule has 0 heterocycles. The molecule has 0 bridgehead atoms. The quantitative estimate of drug-likeness (QED) is 0.853. The lowest BCUT2D eigenvalue weighted by Gasteiger charge is -2.27. The molecule has 19 heavy (non-hydrogen) atoms. The zero-order valence-corrected chi connectivity index (χ0v) is 11.3. The van der Waals surface area contributed by atoms with Gasteiger partial charge in [0.1, 0.15) is 0 Å². The number of aliphatic carboxylic acids is 1. The summed E-state index contributed by atoms with van der Waals surface area (Å²) in [5.41, 5.74) is 6.21. The molecule has 0 aliphatic heterocycles. The lowest BCUT2D eigenvalue weighted by molar-refractivity contribution is -0.137.